The predicted octanol–water partition coefficient (Wildman–Crippen LogP) is 5.07. The number of H-pyrrole nitrogens is 1. The summed E-state index contributed by atoms with van der Waals surface area (Å²) in [6.45, 7) is 4.26. The van der Waals surface area contributed by atoms with Crippen LogP contribution in [0, 0.1) is 5.92 Å². The Morgan fingerprint density at radius 2 is 1.93 bits per heavy atom. The quantitative estimate of drug-likeness (QED) is 0.485. The summed E-state index contributed by atoms with van der Waals surface area (Å²) in [5, 5.41) is 8.02. The molecule has 148 valence electrons. The Bertz CT molecular complexity index is 1170. The lowest BCUT2D eigenvalue weighted by molar-refractivity contribution is 0.101. The van der Waals surface area contributed by atoms with E-state index >= 15 is 0 Å². The van der Waals surface area contributed by atoms with Gasteiger partial charge in [0, 0.05) is 23.3 Å². The van der Waals surface area contributed by atoms with Gasteiger partial charge in [-0.1, -0.05) is 25.4 Å². The number of rotatable bonds is 5. The van der Waals surface area contributed by atoms with Crippen LogP contribution < -0.4 is 5.32 Å². The molecule has 0 fully saturated rings. The molecular formula is C22H22ClN5O. The number of carbonyl (C=O) groups is 1. The van der Waals surface area contributed by atoms with Gasteiger partial charge in [-0.3, -0.25) is 9.48 Å². The van der Waals surface area contributed by atoms with E-state index < -0.39 is 0 Å². The molecule has 2 N–H and O–H groups in total. The first-order valence-corrected chi connectivity index (χ1v) is 9.87. The van der Waals surface area contributed by atoms with E-state index in [1.165, 1.54) is 0 Å². The molecule has 2 heterocycles. The van der Waals surface area contributed by atoms with Gasteiger partial charge in [-0.15, -0.1) is 0 Å². The van der Waals surface area contributed by atoms with Gasteiger partial charge >= 0.3 is 0 Å². The molecule has 1 amide bonds. The number of aromatic amines is 1. The SMILES string of the molecule is CC(C)Cc1cc(C(=O)Nc2ccc(-c3nc4ccc(Cl)cc4[nH]3)cc2)n(C)n1. The fourth-order valence-corrected chi connectivity index (χ4v) is 3.45. The summed E-state index contributed by atoms with van der Waals surface area (Å²) >= 11 is 6.04. The Hall–Kier alpha value is -3.12. The highest BCUT2D eigenvalue weighted by Crippen LogP contribution is 2.24. The number of carbonyl (C=O) groups excluding carboxylic acids is 1. The molecule has 29 heavy (non-hydrogen) atoms. The number of amides is 1. The molecule has 4 rings (SSSR count). The van der Waals surface area contributed by atoms with Gasteiger partial charge in [0.25, 0.3) is 5.91 Å². The first-order chi connectivity index (χ1) is 13.9. The van der Waals surface area contributed by atoms with Crippen LogP contribution in [0.1, 0.15) is 30.0 Å². The Morgan fingerprint density at radius 1 is 1.17 bits per heavy atom. The Labute approximate surface area is 173 Å². The Kier molecular flexibility index (Phi) is 5.11. The maximum atomic E-state index is 12.6. The van der Waals surface area contributed by atoms with Gasteiger partial charge in [-0.2, -0.15) is 5.10 Å². The van der Waals surface area contributed by atoms with E-state index in [2.05, 4.69) is 34.2 Å². The van der Waals surface area contributed by atoms with Crippen LogP contribution in [0.25, 0.3) is 22.4 Å². The summed E-state index contributed by atoms with van der Waals surface area (Å²) in [6.07, 6.45) is 0.846. The number of hydrogen-bond donors (Lipinski definition) is 2. The first kappa shape index (κ1) is 19.2. The van der Waals surface area contributed by atoms with Crippen molar-refractivity contribution in [2.24, 2.45) is 13.0 Å². The van der Waals surface area contributed by atoms with Crippen molar-refractivity contribution in [3.63, 3.8) is 0 Å². The van der Waals surface area contributed by atoms with E-state index in [0.29, 0.717) is 22.3 Å². The fraction of sp³-hybridized carbons (Fsp3) is 0.227. The molecule has 0 radical (unpaired) electrons. The second-order valence-corrected chi connectivity index (χ2v) is 7.96. The second-order valence-electron chi connectivity index (χ2n) is 7.52. The minimum absolute atomic E-state index is 0.180. The van der Waals surface area contributed by atoms with E-state index in [0.717, 1.165) is 34.5 Å². The maximum absolute atomic E-state index is 12.6. The summed E-state index contributed by atoms with van der Waals surface area (Å²) in [4.78, 5) is 20.5. The van der Waals surface area contributed by atoms with E-state index in [-0.39, 0.29) is 5.91 Å². The minimum atomic E-state index is -0.180. The van der Waals surface area contributed by atoms with Crippen molar-refractivity contribution >= 4 is 34.2 Å². The van der Waals surface area contributed by atoms with Gasteiger partial charge in [0.1, 0.15) is 11.5 Å². The number of halogens is 1. The molecular weight excluding hydrogens is 386 g/mol. The number of imidazole rings is 1. The van der Waals surface area contributed by atoms with Crippen molar-refractivity contribution < 1.29 is 4.79 Å². The Balaban J connectivity index is 1.50. The average Bonchev–Trinajstić information content (AvgIpc) is 3.24. The average molecular weight is 408 g/mol. The fourth-order valence-electron chi connectivity index (χ4n) is 3.28. The van der Waals surface area contributed by atoms with E-state index in [9.17, 15) is 4.79 Å². The maximum Gasteiger partial charge on any atom is 0.273 e. The van der Waals surface area contributed by atoms with Crippen LogP contribution in [0.2, 0.25) is 5.02 Å². The molecule has 0 aliphatic heterocycles. The van der Waals surface area contributed by atoms with Gasteiger partial charge in [0.15, 0.2) is 0 Å². The Morgan fingerprint density at radius 3 is 2.66 bits per heavy atom. The molecule has 0 unspecified atom stereocenters. The molecule has 2 aromatic carbocycles. The van der Waals surface area contributed by atoms with E-state index in [4.69, 9.17) is 11.6 Å². The zero-order valence-corrected chi connectivity index (χ0v) is 17.3. The summed E-state index contributed by atoms with van der Waals surface area (Å²) in [5.41, 5.74) is 4.85. The second kappa shape index (κ2) is 7.72. The lowest BCUT2D eigenvalue weighted by atomic mass is 10.1. The zero-order chi connectivity index (χ0) is 20.5. The monoisotopic (exact) mass is 407 g/mol. The number of anilines is 1. The van der Waals surface area contributed by atoms with Crippen molar-refractivity contribution in [3.8, 4) is 11.4 Å². The molecule has 0 bridgehead atoms. The molecule has 0 aliphatic carbocycles. The molecule has 2 aromatic heterocycles. The smallest absolute Gasteiger partial charge is 0.273 e. The van der Waals surface area contributed by atoms with E-state index in [1.54, 1.807) is 11.7 Å². The van der Waals surface area contributed by atoms with Crippen molar-refractivity contribution in [2.45, 2.75) is 20.3 Å². The number of benzene rings is 2. The third-order valence-electron chi connectivity index (χ3n) is 4.64. The van der Waals surface area contributed by atoms with Gasteiger partial charge < -0.3 is 10.3 Å². The van der Waals surface area contributed by atoms with Gasteiger partial charge in [0.05, 0.1) is 16.7 Å². The normalized spacial score (nSPS) is 11.3. The van der Waals surface area contributed by atoms with Crippen molar-refractivity contribution in [2.75, 3.05) is 5.32 Å². The molecule has 0 aliphatic rings. The van der Waals surface area contributed by atoms with Crippen molar-refractivity contribution in [1.29, 1.82) is 0 Å². The number of aromatic nitrogens is 4. The number of aryl methyl sites for hydroxylation is 1. The molecule has 7 heteroatoms. The lowest BCUT2D eigenvalue weighted by Crippen LogP contribution is -2.15. The molecule has 4 aromatic rings. The third kappa shape index (κ3) is 4.17. The highest BCUT2D eigenvalue weighted by atomic mass is 35.5. The third-order valence-corrected chi connectivity index (χ3v) is 4.88. The highest BCUT2D eigenvalue weighted by molar-refractivity contribution is 6.31. The van der Waals surface area contributed by atoms with Gasteiger partial charge in [0.2, 0.25) is 0 Å². The first-order valence-electron chi connectivity index (χ1n) is 9.49. The van der Waals surface area contributed by atoms with Crippen LogP contribution in [0.3, 0.4) is 0 Å². The van der Waals surface area contributed by atoms with Crippen LogP contribution in [-0.4, -0.2) is 25.7 Å². The molecule has 0 saturated heterocycles. The predicted molar refractivity (Wildman–Crippen MR) is 116 cm³/mol. The number of nitrogens with one attached hydrogen (secondary N) is 2. The summed E-state index contributed by atoms with van der Waals surface area (Å²) in [7, 11) is 1.79. The van der Waals surface area contributed by atoms with Crippen LogP contribution in [0.5, 0.6) is 0 Å². The zero-order valence-electron chi connectivity index (χ0n) is 16.5. The van der Waals surface area contributed by atoms with Crippen LogP contribution in [0.4, 0.5) is 5.69 Å². The van der Waals surface area contributed by atoms with Crippen LogP contribution in [0.15, 0.2) is 48.5 Å². The summed E-state index contributed by atoms with van der Waals surface area (Å²) in [6, 6.07) is 15.0. The van der Waals surface area contributed by atoms with Gasteiger partial charge in [-0.25, -0.2) is 4.98 Å². The topological polar surface area (TPSA) is 75.6 Å². The number of fused-ring (bicyclic) bond motifs is 1. The number of hydrogen-bond acceptors (Lipinski definition) is 3. The lowest BCUT2D eigenvalue weighted by Gasteiger charge is -2.06. The van der Waals surface area contributed by atoms with Gasteiger partial charge in [-0.05, 0) is 60.9 Å². The highest BCUT2D eigenvalue weighted by Gasteiger charge is 2.14. The van der Waals surface area contributed by atoms with Crippen molar-refractivity contribution in [1.82, 2.24) is 19.7 Å². The standard InChI is InChI=1S/C22H22ClN5O/c1-13(2)10-17-12-20(28(3)27-17)22(29)24-16-7-4-14(5-8-16)21-25-18-9-6-15(23)11-19(18)26-21/h4-9,11-13H,10H2,1-3H3,(H,24,29)(H,25,26). The van der Waals surface area contributed by atoms with E-state index in [1.807, 2.05) is 48.5 Å². The number of nitrogens with zero attached hydrogens (tertiary/aromatic N) is 3. The molecule has 0 spiro atoms. The summed E-state index contributed by atoms with van der Waals surface area (Å²) < 4.78 is 1.63. The van der Waals surface area contributed by atoms with Crippen molar-refractivity contribution in [3.05, 3.63) is 64.9 Å². The minimum Gasteiger partial charge on any atom is -0.338 e. The molecule has 0 saturated carbocycles. The van der Waals surface area contributed by atoms with Crippen LogP contribution in [-0.2, 0) is 13.5 Å². The summed E-state index contributed by atoms with van der Waals surface area (Å²) in [5.74, 6) is 1.06. The largest absolute Gasteiger partial charge is 0.338 e. The molecule has 6 nitrogen and oxygen atoms in total. The molecule has 0 atom stereocenters. The van der Waals surface area contributed by atoms with Crippen LogP contribution >= 0.6 is 11.6 Å².